The minimum atomic E-state index is -0.647. The molecule has 4 aromatic rings. The van der Waals surface area contributed by atoms with Gasteiger partial charge in [-0.1, -0.05) is 36.4 Å². The van der Waals surface area contributed by atoms with E-state index in [9.17, 15) is 9.59 Å². The summed E-state index contributed by atoms with van der Waals surface area (Å²) in [5, 5.41) is 0.703. The topological polar surface area (TPSA) is 65.7 Å². The molecule has 0 saturated heterocycles. The highest BCUT2D eigenvalue weighted by Crippen LogP contribution is 2.24. The van der Waals surface area contributed by atoms with E-state index in [4.69, 9.17) is 13.9 Å². The lowest BCUT2D eigenvalue weighted by Gasteiger charge is -2.06. The molecule has 5 nitrogen and oxygen atoms in total. The number of ether oxygens (including phenoxy) is 2. The van der Waals surface area contributed by atoms with E-state index in [1.165, 1.54) is 6.08 Å². The third kappa shape index (κ3) is 4.31. The Bertz CT molecular complexity index is 1270. The first-order valence-electron chi connectivity index (χ1n) is 9.30. The van der Waals surface area contributed by atoms with E-state index >= 15 is 0 Å². The largest absolute Gasteiger partial charge is 0.497 e. The summed E-state index contributed by atoms with van der Waals surface area (Å²) in [6, 6.07) is 23.2. The van der Waals surface area contributed by atoms with Crippen molar-refractivity contribution in [3.05, 3.63) is 106 Å². The Hall–Kier alpha value is -4.12. The van der Waals surface area contributed by atoms with Crippen molar-refractivity contribution >= 4 is 22.8 Å². The van der Waals surface area contributed by atoms with E-state index in [0.717, 1.165) is 11.3 Å². The van der Waals surface area contributed by atoms with E-state index in [1.54, 1.807) is 49.6 Å². The van der Waals surface area contributed by atoms with Gasteiger partial charge in [0.2, 0.25) is 0 Å². The van der Waals surface area contributed by atoms with Gasteiger partial charge in [-0.25, -0.2) is 4.79 Å². The van der Waals surface area contributed by atoms with Crippen molar-refractivity contribution in [2.24, 2.45) is 0 Å². The normalized spacial score (nSPS) is 11.0. The van der Waals surface area contributed by atoms with Crippen LogP contribution in [0.4, 0.5) is 0 Å². The van der Waals surface area contributed by atoms with Crippen molar-refractivity contribution in [3.63, 3.8) is 0 Å². The van der Waals surface area contributed by atoms with Crippen LogP contribution in [0.5, 0.6) is 17.2 Å². The van der Waals surface area contributed by atoms with Crippen molar-refractivity contribution in [2.75, 3.05) is 7.11 Å². The maximum atomic E-state index is 12.5. The fourth-order valence-corrected chi connectivity index (χ4v) is 2.92. The Labute approximate surface area is 172 Å². The van der Waals surface area contributed by atoms with Gasteiger partial charge < -0.3 is 13.9 Å². The maximum absolute atomic E-state index is 12.5. The molecule has 0 spiro atoms. The van der Waals surface area contributed by atoms with Crippen LogP contribution in [-0.4, -0.2) is 12.9 Å². The molecule has 30 heavy (non-hydrogen) atoms. The monoisotopic (exact) mass is 398 g/mol. The molecule has 0 aliphatic heterocycles. The first-order chi connectivity index (χ1) is 14.6. The van der Waals surface area contributed by atoms with Crippen LogP contribution >= 0.6 is 0 Å². The lowest BCUT2D eigenvalue weighted by molar-refractivity contribution is 0.104. The maximum Gasteiger partial charge on any atom is 0.347 e. The Morgan fingerprint density at radius 1 is 0.867 bits per heavy atom. The van der Waals surface area contributed by atoms with Crippen LogP contribution < -0.4 is 15.1 Å². The molecule has 0 bridgehead atoms. The van der Waals surface area contributed by atoms with Gasteiger partial charge in [0, 0.05) is 5.39 Å². The Morgan fingerprint density at radius 2 is 1.50 bits per heavy atom. The number of carbonyl (C=O) groups excluding carboxylic acids is 1. The molecule has 4 rings (SSSR count). The van der Waals surface area contributed by atoms with E-state index < -0.39 is 11.4 Å². The summed E-state index contributed by atoms with van der Waals surface area (Å²) >= 11 is 0. The van der Waals surface area contributed by atoms with Crippen LogP contribution in [0.3, 0.4) is 0 Å². The SMILES string of the molecule is COc1ccc(Oc2ccc(/C=C/C(=O)c3cc4ccccc4oc3=O)cc2)cc1. The molecular formula is C25H18O5. The van der Waals surface area contributed by atoms with Crippen molar-refractivity contribution in [1.82, 2.24) is 0 Å². The molecule has 0 atom stereocenters. The average Bonchev–Trinajstić information content (AvgIpc) is 2.78. The summed E-state index contributed by atoms with van der Waals surface area (Å²) in [7, 11) is 1.61. The number of rotatable bonds is 6. The molecule has 0 fully saturated rings. The standard InChI is InChI=1S/C25H18O5/c1-28-19-11-13-21(14-12-19)29-20-9-6-17(7-10-20)8-15-23(26)22-16-18-4-2-3-5-24(18)30-25(22)27/h2-16H,1H3/b15-8+. The van der Waals surface area contributed by atoms with Gasteiger partial charge in [-0.05, 0) is 60.2 Å². The van der Waals surface area contributed by atoms with Crippen molar-refractivity contribution in [3.8, 4) is 17.2 Å². The van der Waals surface area contributed by atoms with Gasteiger partial charge in [0.25, 0.3) is 0 Å². The lowest BCUT2D eigenvalue weighted by Crippen LogP contribution is -2.11. The first-order valence-corrected chi connectivity index (χ1v) is 9.30. The van der Waals surface area contributed by atoms with Crippen molar-refractivity contribution in [1.29, 1.82) is 0 Å². The number of hydrogen-bond acceptors (Lipinski definition) is 5. The number of fused-ring (bicyclic) bond motifs is 1. The number of para-hydroxylation sites is 1. The molecule has 0 N–H and O–H groups in total. The molecule has 0 unspecified atom stereocenters. The molecule has 0 radical (unpaired) electrons. The highest BCUT2D eigenvalue weighted by Gasteiger charge is 2.11. The fraction of sp³-hybridized carbons (Fsp3) is 0.0400. The number of benzene rings is 3. The summed E-state index contributed by atoms with van der Waals surface area (Å²) in [6.45, 7) is 0. The number of ketones is 1. The molecule has 1 aromatic heterocycles. The summed E-state index contributed by atoms with van der Waals surface area (Å²) in [5.74, 6) is 1.71. The molecule has 0 aliphatic rings. The van der Waals surface area contributed by atoms with Crippen molar-refractivity contribution in [2.45, 2.75) is 0 Å². The highest BCUT2D eigenvalue weighted by atomic mass is 16.5. The summed E-state index contributed by atoms with van der Waals surface area (Å²) in [6.07, 6.45) is 3.01. The van der Waals surface area contributed by atoms with Crippen LogP contribution in [0.15, 0.2) is 94.2 Å². The molecule has 5 heteroatoms. The number of carbonyl (C=O) groups is 1. The second-order valence-corrected chi connectivity index (χ2v) is 6.53. The third-order valence-electron chi connectivity index (χ3n) is 4.51. The van der Waals surface area contributed by atoms with Gasteiger partial charge in [0.15, 0.2) is 5.78 Å². The second kappa shape index (κ2) is 8.49. The molecule has 0 aliphatic carbocycles. The molecule has 148 valence electrons. The zero-order valence-electron chi connectivity index (χ0n) is 16.2. The lowest BCUT2D eigenvalue weighted by atomic mass is 10.1. The summed E-state index contributed by atoms with van der Waals surface area (Å²) in [4.78, 5) is 24.6. The van der Waals surface area contributed by atoms with Crippen LogP contribution in [0.2, 0.25) is 0 Å². The minimum Gasteiger partial charge on any atom is -0.497 e. The Morgan fingerprint density at radius 3 is 2.20 bits per heavy atom. The first kappa shape index (κ1) is 19.2. The fourth-order valence-electron chi connectivity index (χ4n) is 2.92. The van der Waals surface area contributed by atoms with E-state index in [1.807, 2.05) is 42.5 Å². The van der Waals surface area contributed by atoms with Gasteiger partial charge in [0.05, 0.1) is 7.11 Å². The zero-order chi connectivity index (χ0) is 20.9. The second-order valence-electron chi connectivity index (χ2n) is 6.53. The number of methoxy groups -OCH3 is 1. The average molecular weight is 398 g/mol. The van der Waals surface area contributed by atoms with Crippen LogP contribution in [0.1, 0.15) is 15.9 Å². The highest BCUT2D eigenvalue weighted by molar-refractivity contribution is 6.07. The van der Waals surface area contributed by atoms with Gasteiger partial charge in [-0.3, -0.25) is 4.79 Å². The quantitative estimate of drug-likeness (QED) is 0.244. The van der Waals surface area contributed by atoms with Crippen LogP contribution in [0, 0.1) is 0 Å². The molecule has 0 amide bonds. The molecule has 0 saturated carbocycles. The zero-order valence-corrected chi connectivity index (χ0v) is 16.2. The number of allylic oxidation sites excluding steroid dienone is 1. The van der Waals surface area contributed by atoms with Crippen molar-refractivity contribution < 1.29 is 18.7 Å². The smallest absolute Gasteiger partial charge is 0.347 e. The van der Waals surface area contributed by atoms with E-state index in [-0.39, 0.29) is 5.56 Å². The third-order valence-corrected chi connectivity index (χ3v) is 4.51. The van der Waals surface area contributed by atoms with Gasteiger partial charge in [-0.15, -0.1) is 0 Å². The Balaban J connectivity index is 1.46. The van der Waals surface area contributed by atoms with Gasteiger partial charge in [-0.2, -0.15) is 0 Å². The van der Waals surface area contributed by atoms with E-state index in [2.05, 4.69) is 0 Å². The van der Waals surface area contributed by atoms with Crippen LogP contribution in [-0.2, 0) is 0 Å². The molecular weight excluding hydrogens is 380 g/mol. The Kier molecular flexibility index (Phi) is 5.44. The molecule has 3 aromatic carbocycles. The van der Waals surface area contributed by atoms with Crippen LogP contribution in [0.25, 0.3) is 17.0 Å². The number of hydrogen-bond donors (Lipinski definition) is 0. The predicted octanol–water partition coefficient (Wildman–Crippen LogP) is 5.49. The summed E-state index contributed by atoms with van der Waals surface area (Å²) < 4.78 is 16.1. The van der Waals surface area contributed by atoms with E-state index in [0.29, 0.717) is 22.5 Å². The summed E-state index contributed by atoms with van der Waals surface area (Å²) in [5.41, 5.74) is 0.613. The molecule has 1 heterocycles. The van der Waals surface area contributed by atoms with Gasteiger partial charge >= 0.3 is 5.63 Å². The van der Waals surface area contributed by atoms with Gasteiger partial charge in [0.1, 0.15) is 28.4 Å². The predicted molar refractivity (Wildman–Crippen MR) is 115 cm³/mol. The minimum absolute atomic E-state index is 0.00408.